The van der Waals surface area contributed by atoms with Gasteiger partial charge in [0.25, 0.3) is 0 Å². The molecule has 1 unspecified atom stereocenters. The van der Waals surface area contributed by atoms with Crippen molar-refractivity contribution < 1.29 is 24.6 Å². The number of carbonyl (C=O) groups is 3. The maximum absolute atomic E-state index is 10.5. The van der Waals surface area contributed by atoms with Gasteiger partial charge in [-0.1, -0.05) is 23.2 Å². The van der Waals surface area contributed by atoms with Crippen LogP contribution in [0.5, 0.6) is 0 Å². The van der Waals surface area contributed by atoms with Crippen molar-refractivity contribution in [3.8, 4) is 0 Å². The minimum absolute atomic E-state index is 0.0301. The summed E-state index contributed by atoms with van der Waals surface area (Å²) in [7, 11) is 5.78. The standard InChI is InChI=1S/C4H11N2OP.C3H7NO2.C3H9N.C2H5NO2.C2H7N/c1-2-5-4(7)3-6-8;1-4-2-3(5)6;1-3-4-2;3-1-2(4)5;1-2-3/h6H,2-3,8H2,1H3,(H,5,7);4H,2H2,1H3,(H,5,6);4H,3H2,1-2H3;1,3H2,(H,4,5);2-3H2,1H3. The molecule has 1 atom stereocenters. The van der Waals surface area contributed by atoms with Crippen LogP contribution in [0.3, 0.4) is 0 Å². The minimum Gasteiger partial charge on any atom is -0.480 e. The van der Waals surface area contributed by atoms with Crippen LogP contribution >= 0.6 is 9.39 Å². The summed E-state index contributed by atoms with van der Waals surface area (Å²) in [6.07, 6.45) is 0. The van der Waals surface area contributed by atoms with Crippen LogP contribution < -0.4 is 32.5 Å². The van der Waals surface area contributed by atoms with Crippen molar-refractivity contribution in [1.29, 1.82) is 0 Å². The fraction of sp³-hybridized carbons (Fsp3) is 0.786. The summed E-state index contributed by atoms with van der Waals surface area (Å²) in [5, 5.41) is 26.1. The summed E-state index contributed by atoms with van der Waals surface area (Å²) in [6, 6.07) is 0. The van der Waals surface area contributed by atoms with Gasteiger partial charge >= 0.3 is 11.9 Å². The number of hydrogen-bond acceptors (Lipinski definition) is 8. The van der Waals surface area contributed by atoms with E-state index in [1.165, 1.54) is 0 Å². The lowest BCUT2D eigenvalue weighted by molar-refractivity contribution is -0.136. The molecule has 1 amide bonds. The Balaban J connectivity index is -0.0000000737. The zero-order valence-electron chi connectivity index (χ0n) is 16.6. The van der Waals surface area contributed by atoms with E-state index in [0.717, 1.165) is 13.1 Å². The maximum Gasteiger partial charge on any atom is 0.317 e. The monoisotopic (exact) mass is 402 g/mol. The van der Waals surface area contributed by atoms with Gasteiger partial charge in [-0.2, -0.15) is 0 Å². The number of carboxylic acid groups (broad SMARTS) is 2. The van der Waals surface area contributed by atoms with Gasteiger partial charge in [-0.3, -0.25) is 19.5 Å². The molecule has 26 heavy (non-hydrogen) atoms. The zero-order valence-corrected chi connectivity index (χ0v) is 17.7. The molecule has 0 aromatic rings. The smallest absolute Gasteiger partial charge is 0.317 e. The molecule has 0 radical (unpaired) electrons. The second-order valence-electron chi connectivity index (χ2n) is 3.97. The van der Waals surface area contributed by atoms with Crippen molar-refractivity contribution in [3.63, 3.8) is 0 Å². The lowest BCUT2D eigenvalue weighted by atomic mass is 10.6. The van der Waals surface area contributed by atoms with Crippen molar-refractivity contribution >= 4 is 27.2 Å². The van der Waals surface area contributed by atoms with E-state index in [9.17, 15) is 14.4 Å². The number of hydrogen-bond donors (Lipinski definition) is 8. The molecule has 0 bridgehead atoms. The van der Waals surface area contributed by atoms with Crippen LogP contribution in [0.1, 0.15) is 20.8 Å². The topological polar surface area (TPSA) is 192 Å². The van der Waals surface area contributed by atoms with Crippen molar-refractivity contribution in [2.24, 2.45) is 11.5 Å². The first kappa shape index (κ1) is 35.7. The maximum atomic E-state index is 10.5. The molecule has 12 heteroatoms. The molecule has 0 fully saturated rings. The Hall–Kier alpha value is -1.36. The Morgan fingerprint density at radius 3 is 1.38 bits per heavy atom. The summed E-state index contributed by atoms with van der Waals surface area (Å²) < 4.78 is 0. The van der Waals surface area contributed by atoms with E-state index < -0.39 is 11.9 Å². The van der Waals surface area contributed by atoms with Gasteiger partial charge in [-0.15, -0.1) is 0 Å². The molecule has 0 rings (SSSR count). The van der Waals surface area contributed by atoms with E-state index in [0.29, 0.717) is 13.1 Å². The van der Waals surface area contributed by atoms with Gasteiger partial charge in [0.15, 0.2) is 0 Å². The first-order valence-electron chi connectivity index (χ1n) is 8.01. The van der Waals surface area contributed by atoms with Crippen molar-refractivity contribution in [2.45, 2.75) is 20.8 Å². The van der Waals surface area contributed by atoms with Crippen LogP contribution in [-0.2, 0) is 14.4 Å². The van der Waals surface area contributed by atoms with E-state index in [-0.39, 0.29) is 19.0 Å². The number of aliphatic carboxylic acids is 2. The molecule has 0 aromatic carbocycles. The Morgan fingerprint density at radius 2 is 1.27 bits per heavy atom. The third-order valence-corrected chi connectivity index (χ3v) is 1.70. The normalized spacial score (nSPS) is 7.85. The van der Waals surface area contributed by atoms with Crippen LogP contribution in [-0.4, -0.2) is 81.4 Å². The minimum atomic E-state index is -0.968. The van der Waals surface area contributed by atoms with E-state index in [4.69, 9.17) is 15.9 Å². The molecule has 160 valence electrons. The van der Waals surface area contributed by atoms with Crippen LogP contribution in [0, 0.1) is 0 Å². The van der Waals surface area contributed by atoms with Crippen molar-refractivity contribution in [3.05, 3.63) is 0 Å². The zero-order chi connectivity index (χ0) is 21.8. The fourth-order valence-electron chi connectivity index (χ4n) is 0.504. The van der Waals surface area contributed by atoms with Gasteiger partial charge in [0, 0.05) is 6.54 Å². The fourth-order valence-corrected chi connectivity index (χ4v) is 0.689. The molecule has 0 saturated heterocycles. The van der Waals surface area contributed by atoms with Gasteiger partial charge in [0.1, 0.15) is 0 Å². The Morgan fingerprint density at radius 1 is 0.885 bits per heavy atom. The first-order valence-corrected chi connectivity index (χ1v) is 8.59. The highest BCUT2D eigenvalue weighted by Crippen LogP contribution is 1.67. The predicted octanol–water partition coefficient (Wildman–Crippen LogP) is -1.99. The third kappa shape index (κ3) is 93.6. The summed E-state index contributed by atoms with van der Waals surface area (Å²) in [4.78, 5) is 29.2. The molecule has 10 N–H and O–H groups in total. The Labute approximate surface area is 159 Å². The van der Waals surface area contributed by atoms with E-state index in [2.05, 4.69) is 43.1 Å². The average molecular weight is 402 g/mol. The van der Waals surface area contributed by atoms with Crippen LogP contribution in [0.25, 0.3) is 0 Å². The summed E-state index contributed by atoms with van der Waals surface area (Å²) in [6.45, 7) is 8.52. The number of carboxylic acids is 2. The molecule has 0 aromatic heterocycles. The van der Waals surface area contributed by atoms with Gasteiger partial charge in [0.05, 0.1) is 19.6 Å². The van der Waals surface area contributed by atoms with E-state index in [1.54, 1.807) is 7.05 Å². The average Bonchev–Trinajstić information content (AvgIpc) is 2.57. The number of carbonyl (C=O) groups excluding carboxylic acids is 1. The molecule has 0 aliphatic rings. The summed E-state index contributed by atoms with van der Waals surface area (Å²) in [5.74, 6) is -1.76. The number of amides is 1. The second kappa shape index (κ2) is 38.9. The lowest BCUT2D eigenvalue weighted by Crippen LogP contribution is -2.29. The van der Waals surface area contributed by atoms with Gasteiger partial charge in [-0.05, 0) is 34.1 Å². The predicted molar refractivity (Wildman–Crippen MR) is 109 cm³/mol. The van der Waals surface area contributed by atoms with Crippen molar-refractivity contribution in [1.82, 2.24) is 21.0 Å². The van der Waals surface area contributed by atoms with Gasteiger partial charge < -0.3 is 37.6 Å². The molecule has 11 nitrogen and oxygen atoms in total. The van der Waals surface area contributed by atoms with Crippen LogP contribution in [0.4, 0.5) is 0 Å². The number of likely N-dealkylation sites (N-methyl/N-ethyl adjacent to an activating group) is 2. The molecule has 0 saturated carbocycles. The molecular weight excluding hydrogens is 363 g/mol. The summed E-state index contributed by atoms with van der Waals surface area (Å²) in [5.41, 5.74) is 9.42. The Bertz CT molecular complexity index is 289. The number of nitrogens with one attached hydrogen (secondary N) is 4. The molecule has 0 aliphatic heterocycles. The van der Waals surface area contributed by atoms with E-state index in [1.807, 2.05) is 20.9 Å². The van der Waals surface area contributed by atoms with Gasteiger partial charge in [-0.25, -0.2) is 0 Å². The van der Waals surface area contributed by atoms with Crippen LogP contribution in [0.2, 0.25) is 0 Å². The highest BCUT2D eigenvalue weighted by atomic mass is 31.0. The SMILES string of the molecule is CCN.CCNC.CCNC(=O)CNP.CNCC(=O)O.NCC(=O)O. The second-order valence-corrected chi connectivity index (χ2v) is 4.38. The number of nitrogens with two attached hydrogens (primary N) is 2. The first-order chi connectivity index (χ1) is 12.2. The molecule has 0 spiro atoms. The lowest BCUT2D eigenvalue weighted by Gasteiger charge is -1.97. The number of rotatable bonds is 7. The molecular formula is C14H39N6O5P. The molecule has 0 heterocycles. The summed E-state index contributed by atoms with van der Waals surface area (Å²) >= 11 is 0. The highest BCUT2D eigenvalue weighted by Gasteiger charge is 1.92. The third-order valence-electron chi connectivity index (χ3n) is 1.49. The quantitative estimate of drug-likeness (QED) is 0.221. The van der Waals surface area contributed by atoms with E-state index >= 15 is 0 Å². The largest absolute Gasteiger partial charge is 0.480 e. The molecule has 0 aliphatic carbocycles. The van der Waals surface area contributed by atoms with Gasteiger partial charge in [0.2, 0.25) is 5.91 Å². The highest BCUT2D eigenvalue weighted by molar-refractivity contribution is 7.13. The van der Waals surface area contributed by atoms with Crippen LogP contribution in [0.15, 0.2) is 0 Å². The van der Waals surface area contributed by atoms with Crippen molar-refractivity contribution in [2.75, 3.05) is 53.4 Å². The Kier molecular flexibility index (Phi) is 53.5.